The Morgan fingerprint density at radius 2 is 2.10 bits per heavy atom. The molecule has 1 aliphatic rings. The van der Waals surface area contributed by atoms with Crippen molar-refractivity contribution in [1.82, 2.24) is 10.6 Å². The molecule has 0 saturated carbocycles. The van der Waals surface area contributed by atoms with E-state index in [0.29, 0.717) is 11.8 Å². The van der Waals surface area contributed by atoms with Gasteiger partial charge in [0, 0.05) is 17.5 Å². The monoisotopic (exact) mass is 300 g/mol. The summed E-state index contributed by atoms with van der Waals surface area (Å²) in [6.07, 6.45) is 2.22. The van der Waals surface area contributed by atoms with Gasteiger partial charge in [0.25, 0.3) is 0 Å². The van der Waals surface area contributed by atoms with Crippen molar-refractivity contribution in [2.45, 2.75) is 23.8 Å². The number of piperidine rings is 1. The second-order valence-electron chi connectivity index (χ2n) is 5.41. The predicted octanol–water partition coefficient (Wildman–Crippen LogP) is 2.80. The van der Waals surface area contributed by atoms with Crippen LogP contribution >= 0.6 is 11.8 Å². The lowest BCUT2D eigenvalue weighted by Crippen LogP contribution is -2.46. The van der Waals surface area contributed by atoms with Crippen LogP contribution in [0.2, 0.25) is 0 Å². The fourth-order valence-electron chi connectivity index (χ4n) is 2.65. The molecule has 1 fully saturated rings. The maximum Gasteiger partial charge on any atom is 0.230 e. The topological polar surface area (TPSA) is 41.1 Å². The summed E-state index contributed by atoms with van der Waals surface area (Å²) in [5.74, 6) is 0.608. The number of fused-ring (bicyclic) bond motifs is 1. The Kier molecular flexibility index (Phi) is 4.78. The standard InChI is InChI=1S/C17H20N2OS/c20-17(19-15-6-3-9-18-11-15)12-21-16-8-7-13-4-1-2-5-14(13)10-16/h1-2,4-5,7-8,10,15,18H,3,6,9,11-12H2,(H,19,20)/t15-/m0/s1. The maximum absolute atomic E-state index is 12.0. The van der Waals surface area contributed by atoms with Crippen molar-refractivity contribution in [1.29, 1.82) is 0 Å². The van der Waals surface area contributed by atoms with Crippen molar-refractivity contribution < 1.29 is 4.79 Å². The molecule has 1 heterocycles. The van der Waals surface area contributed by atoms with Gasteiger partial charge in [-0.2, -0.15) is 0 Å². The first-order chi connectivity index (χ1) is 10.3. The van der Waals surface area contributed by atoms with Crippen molar-refractivity contribution in [3.05, 3.63) is 42.5 Å². The number of hydrogen-bond donors (Lipinski definition) is 2. The highest BCUT2D eigenvalue weighted by Gasteiger charge is 2.15. The number of amides is 1. The van der Waals surface area contributed by atoms with Gasteiger partial charge in [-0.15, -0.1) is 11.8 Å². The zero-order chi connectivity index (χ0) is 14.5. The Labute approximate surface area is 129 Å². The number of benzene rings is 2. The number of hydrogen-bond acceptors (Lipinski definition) is 3. The Morgan fingerprint density at radius 3 is 2.90 bits per heavy atom. The molecule has 1 aliphatic heterocycles. The average Bonchev–Trinajstić information content (AvgIpc) is 2.54. The van der Waals surface area contributed by atoms with Crippen LogP contribution < -0.4 is 10.6 Å². The Hall–Kier alpha value is -1.52. The molecule has 4 heteroatoms. The smallest absolute Gasteiger partial charge is 0.230 e. The molecule has 3 rings (SSSR count). The lowest BCUT2D eigenvalue weighted by molar-refractivity contribution is -0.119. The summed E-state index contributed by atoms with van der Waals surface area (Å²) >= 11 is 1.60. The SMILES string of the molecule is O=C(CSc1ccc2ccccc2c1)N[C@H]1CCCNC1. The minimum atomic E-state index is 0.127. The first kappa shape index (κ1) is 14.4. The van der Waals surface area contributed by atoms with Gasteiger partial charge in [-0.3, -0.25) is 4.79 Å². The number of rotatable bonds is 4. The van der Waals surface area contributed by atoms with E-state index in [0.717, 1.165) is 30.8 Å². The van der Waals surface area contributed by atoms with Gasteiger partial charge >= 0.3 is 0 Å². The summed E-state index contributed by atoms with van der Waals surface area (Å²) in [5, 5.41) is 8.87. The van der Waals surface area contributed by atoms with Crippen LogP contribution in [0.3, 0.4) is 0 Å². The van der Waals surface area contributed by atoms with E-state index < -0.39 is 0 Å². The molecule has 2 aromatic rings. The quantitative estimate of drug-likeness (QED) is 0.853. The number of carbonyl (C=O) groups is 1. The normalized spacial score (nSPS) is 18.6. The Balaban J connectivity index is 1.54. The van der Waals surface area contributed by atoms with E-state index in [9.17, 15) is 4.79 Å². The van der Waals surface area contributed by atoms with E-state index in [1.54, 1.807) is 11.8 Å². The van der Waals surface area contributed by atoms with Gasteiger partial charge in [-0.25, -0.2) is 0 Å². The van der Waals surface area contributed by atoms with E-state index in [-0.39, 0.29) is 5.91 Å². The van der Waals surface area contributed by atoms with Gasteiger partial charge in [0.1, 0.15) is 0 Å². The van der Waals surface area contributed by atoms with Gasteiger partial charge in [0.2, 0.25) is 5.91 Å². The van der Waals surface area contributed by atoms with Crippen molar-refractivity contribution >= 4 is 28.4 Å². The molecule has 2 aromatic carbocycles. The van der Waals surface area contributed by atoms with Crippen LogP contribution in [-0.2, 0) is 4.79 Å². The van der Waals surface area contributed by atoms with Crippen LogP contribution in [0.15, 0.2) is 47.4 Å². The molecule has 0 unspecified atom stereocenters. The van der Waals surface area contributed by atoms with E-state index >= 15 is 0 Å². The molecule has 0 aromatic heterocycles. The van der Waals surface area contributed by atoms with E-state index in [2.05, 4.69) is 41.0 Å². The Bertz CT molecular complexity index is 623. The molecule has 1 saturated heterocycles. The summed E-state index contributed by atoms with van der Waals surface area (Å²) in [7, 11) is 0. The van der Waals surface area contributed by atoms with Crippen LogP contribution in [0.4, 0.5) is 0 Å². The maximum atomic E-state index is 12.0. The van der Waals surface area contributed by atoms with Gasteiger partial charge in [0.05, 0.1) is 5.75 Å². The van der Waals surface area contributed by atoms with Crippen molar-refractivity contribution in [3.63, 3.8) is 0 Å². The molecule has 1 amide bonds. The lowest BCUT2D eigenvalue weighted by atomic mass is 10.1. The molecule has 0 radical (unpaired) electrons. The highest BCUT2D eigenvalue weighted by Crippen LogP contribution is 2.23. The molecule has 21 heavy (non-hydrogen) atoms. The number of thioether (sulfide) groups is 1. The number of carbonyl (C=O) groups excluding carboxylic acids is 1. The van der Waals surface area contributed by atoms with E-state index in [1.165, 1.54) is 10.8 Å². The third-order valence-electron chi connectivity index (χ3n) is 3.75. The van der Waals surface area contributed by atoms with Crippen LogP contribution in [0.25, 0.3) is 10.8 Å². The second-order valence-corrected chi connectivity index (χ2v) is 6.46. The molecule has 1 atom stereocenters. The van der Waals surface area contributed by atoms with Crippen LogP contribution in [0.5, 0.6) is 0 Å². The molecular formula is C17H20N2OS. The van der Waals surface area contributed by atoms with Crippen LogP contribution in [-0.4, -0.2) is 30.8 Å². The highest BCUT2D eigenvalue weighted by molar-refractivity contribution is 8.00. The molecule has 0 aliphatic carbocycles. The summed E-state index contributed by atoms with van der Waals surface area (Å²) in [6.45, 7) is 1.96. The Morgan fingerprint density at radius 1 is 1.24 bits per heavy atom. The molecule has 0 bridgehead atoms. The minimum Gasteiger partial charge on any atom is -0.351 e. The first-order valence-corrected chi connectivity index (χ1v) is 8.41. The average molecular weight is 300 g/mol. The lowest BCUT2D eigenvalue weighted by Gasteiger charge is -2.23. The third-order valence-corrected chi connectivity index (χ3v) is 4.75. The van der Waals surface area contributed by atoms with Crippen LogP contribution in [0, 0.1) is 0 Å². The van der Waals surface area contributed by atoms with Crippen LogP contribution in [0.1, 0.15) is 12.8 Å². The summed E-state index contributed by atoms with van der Waals surface area (Å²) < 4.78 is 0. The zero-order valence-electron chi connectivity index (χ0n) is 12.0. The zero-order valence-corrected chi connectivity index (χ0v) is 12.8. The third kappa shape index (κ3) is 3.99. The van der Waals surface area contributed by atoms with Gasteiger partial charge < -0.3 is 10.6 Å². The van der Waals surface area contributed by atoms with Gasteiger partial charge in [-0.1, -0.05) is 30.3 Å². The van der Waals surface area contributed by atoms with Crippen molar-refractivity contribution in [2.75, 3.05) is 18.8 Å². The van der Waals surface area contributed by atoms with Gasteiger partial charge in [-0.05, 0) is 42.3 Å². The summed E-state index contributed by atoms with van der Waals surface area (Å²) in [6, 6.07) is 14.9. The molecule has 3 nitrogen and oxygen atoms in total. The molecule has 110 valence electrons. The number of nitrogens with one attached hydrogen (secondary N) is 2. The first-order valence-electron chi connectivity index (χ1n) is 7.43. The molecule has 2 N–H and O–H groups in total. The van der Waals surface area contributed by atoms with Crippen molar-refractivity contribution in [3.8, 4) is 0 Å². The molecule has 0 spiro atoms. The second kappa shape index (κ2) is 6.96. The molecular weight excluding hydrogens is 280 g/mol. The van der Waals surface area contributed by atoms with Crippen molar-refractivity contribution in [2.24, 2.45) is 0 Å². The largest absolute Gasteiger partial charge is 0.351 e. The predicted molar refractivity (Wildman–Crippen MR) is 88.7 cm³/mol. The summed E-state index contributed by atoms with van der Waals surface area (Å²) in [4.78, 5) is 13.1. The highest BCUT2D eigenvalue weighted by atomic mass is 32.2. The fourth-order valence-corrected chi connectivity index (χ4v) is 3.41. The van der Waals surface area contributed by atoms with E-state index in [4.69, 9.17) is 0 Å². The minimum absolute atomic E-state index is 0.127. The summed E-state index contributed by atoms with van der Waals surface area (Å²) in [5.41, 5.74) is 0. The fraction of sp³-hybridized carbons (Fsp3) is 0.353. The van der Waals surface area contributed by atoms with E-state index in [1.807, 2.05) is 12.1 Å². The van der Waals surface area contributed by atoms with Gasteiger partial charge in [0.15, 0.2) is 0 Å².